The molecule has 3 nitrogen and oxygen atoms in total. The average Bonchev–Trinajstić information content (AvgIpc) is 2.72. The highest BCUT2D eigenvalue weighted by atomic mass is 35.5. The molecule has 0 aromatic heterocycles. The summed E-state index contributed by atoms with van der Waals surface area (Å²) in [6, 6.07) is 19.9. The van der Waals surface area contributed by atoms with E-state index in [2.05, 4.69) is 24.4 Å². The molecule has 29 heavy (non-hydrogen) atoms. The molecule has 3 rings (SSSR count). The van der Waals surface area contributed by atoms with E-state index in [9.17, 15) is 0 Å². The Labute approximate surface area is 182 Å². The van der Waals surface area contributed by atoms with Crippen molar-refractivity contribution in [1.29, 1.82) is 0 Å². The zero-order chi connectivity index (χ0) is 20.6. The van der Waals surface area contributed by atoms with Gasteiger partial charge in [-0.15, -0.1) is 0 Å². The van der Waals surface area contributed by atoms with E-state index in [0.717, 1.165) is 29.1 Å². The topological polar surface area (TPSA) is 30.5 Å². The molecule has 3 aromatic carbocycles. The SMILES string of the molecule is COc1cc(CNCCc2ccc(Cl)cc2)c(Cl)cc1OCc1cccc(C)c1. The number of methoxy groups -OCH3 is 1. The smallest absolute Gasteiger partial charge is 0.163 e. The molecule has 1 N–H and O–H groups in total. The molecule has 0 bridgehead atoms. The van der Waals surface area contributed by atoms with E-state index in [-0.39, 0.29) is 0 Å². The molecule has 5 heteroatoms. The van der Waals surface area contributed by atoms with Crippen molar-refractivity contribution < 1.29 is 9.47 Å². The maximum Gasteiger partial charge on any atom is 0.163 e. The molecule has 0 atom stereocenters. The molecule has 0 amide bonds. The van der Waals surface area contributed by atoms with Gasteiger partial charge in [-0.2, -0.15) is 0 Å². The first kappa shape index (κ1) is 21.5. The van der Waals surface area contributed by atoms with Crippen molar-refractivity contribution in [2.45, 2.75) is 26.5 Å². The Morgan fingerprint density at radius 2 is 1.69 bits per heavy atom. The lowest BCUT2D eigenvalue weighted by molar-refractivity contribution is 0.284. The Morgan fingerprint density at radius 1 is 0.897 bits per heavy atom. The van der Waals surface area contributed by atoms with E-state index in [1.807, 2.05) is 48.5 Å². The second-order valence-corrected chi connectivity index (χ2v) is 7.77. The van der Waals surface area contributed by atoms with Crippen LogP contribution in [0.3, 0.4) is 0 Å². The van der Waals surface area contributed by atoms with Crippen LogP contribution in [0.15, 0.2) is 60.7 Å². The van der Waals surface area contributed by atoms with Gasteiger partial charge >= 0.3 is 0 Å². The van der Waals surface area contributed by atoms with Crippen molar-refractivity contribution in [3.63, 3.8) is 0 Å². The number of halogens is 2. The third-order valence-electron chi connectivity index (χ3n) is 4.63. The van der Waals surface area contributed by atoms with Crippen LogP contribution < -0.4 is 14.8 Å². The van der Waals surface area contributed by atoms with Gasteiger partial charge in [0.2, 0.25) is 0 Å². The van der Waals surface area contributed by atoms with Gasteiger partial charge in [-0.25, -0.2) is 0 Å². The Hall–Kier alpha value is -2.20. The second kappa shape index (κ2) is 10.5. The minimum atomic E-state index is 0.465. The lowest BCUT2D eigenvalue weighted by Crippen LogP contribution is -2.17. The summed E-state index contributed by atoms with van der Waals surface area (Å²) in [5, 5.41) is 4.84. The van der Waals surface area contributed by atoms with Crippen LogP contribution in [0.1, 0.15) is 22.3 Å². The first-order valence-electron chi connectivity index (χ1n) is 9.55. The van der Waals surface area contributed by atoms with Crippen molar-refractivity contribution in [3.8, 4) is 11.5 Å². The molecule has 0 saturated carbocycles. The van der Waals surface area contributed by atoms with Crippen LogP contribution in [0, 0.1) is 6.92 Å². The normalized spacial score (nSPS) is 10.8. The van der Waals surface area contributed by atoms with Gasteiger partial charge in [-0.1, -0.05) is 65.2 Å². The van der Waals surface area contributed by atoms with Crippen molar-refractivity contribution in [2.24, 2.45) is 0 Å². The lowest BCUT2D eigenvalue weighted by Gasteiger charge is -2.14. The van der Waals surface area contributed by atoms with E-state index >= 15 is 0 Å². The summed E-state index contributed by atoms with van der Waals surface area (Å²) >= 11 is 12.4. The summed E-state index contributed by atoms with van der Waals surface area (Å²) in [7, 11) is 1.64. The van der Waals surface area contributed by atoms with E-state index in [1.165, 1.54) is 11.1 Å². The maximum atomic E-state index is 6.49. The molecule has 0 radical (unpaired) electrons. The van der Waals surface area contributed by atoms with E-state index in [4.69, 9.17) is 32.7 Å². The minimum absolute atomic E-state index is 0.465. The molecular weight excluding hydrogens is 405 g/mol. The van der Waals surface area contributed by atoms with Crippen LogP contribution in [0.25, 0.3) is 0 Å². The Bertz CT molecular complexity index is 942. The average molecular weight is 430 g/mol. The Kier molecular flexibility index (Phi) is 7.82. The van der Waals surface area contributed by atoms with Gasteiger partial charge in [0.05, 0.1) is 7.11 Å². The van der Waals surface area contributed by atoms with Crippen LogP contribution >= 0.6 is 23.2 Å². The molecule has 0 aliphatic heterocycles. The number of aryl methyl sites for hydroxylation is 1. The van der Waals surface area contributed by atoms with Crippen molar-refractivity contribution in [3.05, 3.63) is 93.0 Å². The fraction of sp³-hybridized carbons (Fsp3) is 0.250. The molecule has 0 heterocycles. The zero-order valence-electron chi connectivity index (χ0n) is 16.7. The van der Waals surface area contributed by atoms with Crippen molar-refractivity contribution in [2.75, 3.05) is 13.7 Å². The summed E-state index contributed by atoms with van der Waals surface area (Å²) in [4.78, 5) is 0. The predicted octanol–water partition coefficient (Wildman–Crippen LogP) is 6.22. The van der Waals surface area contributed by atoms with Gasteiger partial charge in [0.15, 0.2) is 11.5 Å². The zero-order valence-corrected chi connectivity index (χ0v) is 18.2. The molecule has 0 spiro atoms. The summed E-state index contributed by atoms with van der Waals surface area (Å²) in [6.07, 6.45) is 0.920. The minimum Gasteiger partial charge on any atom is -0.493 e. The summed E-state index contributed by atoms with van der Waals surface area (Å²) in [5.74, 6) is 1.32. The highest BCUT2D eigenvalue weighted by Crippen LogP contribution is 2.34. The third kappa shape index (κ3) is 6.40. The van der Waals surface area contributed by atoms with Crippen molar-refractivity contribution >= 4 is 23.2 Å². The highest BCUT2D eigenvalue weighted by Gasteiger charge is 2.11. The molecule has 0 aliphatic carbocycles. The van der Waals surface area contributed by atoms with Crippen LogP contribution in [0.5, 0.6) is 11.5 Å². The van der Waals surface area contributed by atoms with Gasteiger partial charge in [0.25, 0.3) is 0 Å². The molecule has 0 fully saturated rings. The van der Waals surface area contributed by atoms with Gasteiger partial charge in [0.1, 0.15) is 6.61 Å². The van der Waals surface area contributed by atoms with Crippen LogP contribution in [0.2, 0.25) is 10.0 Å². The predicted molar refractivity (Wildman–Crippen MR) is 120 cm³/mol. The quantitative estimate of drug-likeness (QED) is 0.409. The number of ether oxygens (including phenoxy) is 2. The Balaban J connectivity index is 1.57. The van der Waals surface area contributed by atoms with Gasteiger partial charge in [0, 0.05) is 22.7 Å². The first-order valence-corrected chi connectivity index (χ1v) is 10.3. The number of nitrogens with one attached hydrogen (secondary N) is 1. The van der Waals surface area contributed by atoms with Crippen LogP contribution in [-0.2, 0) is 19.6 Å². The fourth-order valence-corrected chi connectivity index (χ4v) is 3.40. The van der Waals surface area contributed by atoms with E-state index in [0.29, 0.717) is 29.7 Å². The largest absolute Gasteiger partial charge is 0.493 e. The van der Waals surface area contributed by atoms with Gasteiger partial charge < -0.3 is 14.8 Å². The summed E-state index contributed by atoms with van der Waals surface area (Å²) < 4.78 is 11.5. The molecule has 0 aliphatic rings. The summed E-state index contributed by atoms with van der Waals surface area (Å²) in [5.41, 5.74) is 4.53. The number of benzene rings is 3. The van der Waals surface area contributed by atoms with Crippen molar-refractivity contribution in [1.82, 2.24) is 5.32 Å². The standard InChI is InChI=1S/C24H25Cl2NO2/c1-17-4-3-5-19(12-17)16-29-24-14-22(26)20(13-23(24)28-2)15-27-11-10-18-6-8-21(25)9-7-18/h3-9,12-14,27H,10-11,15-16H2,1-2H3. The first-order chi connectivity index (χ1) is 14.0. The molecule has 3 aromatic rings. The monoisotopic (exact) mass is 429 g/mol. The lowest BCUT2D eigenvalue weighted by atomic mass is 10.1. The Morgan fingerprint density at radius 3 is 2.41 bits per heavy atom. The fourth-order valence-electron chi connectivity index (χ4n) is 3.05. The van der Waals surface area contributed by atoms with Gasteiger partial charge in [-0.05, 0) is 54.8 Å². The second-order valence-electron chi connectivity index (χ2n) is 6.93. The van der Waals surface area contributed by atoms with Gasteiger partial charge in [-0.3, -0.25) is 0 Å². The number of rotatable bonds is 9. The molecular formula is C24H25Cl2NO2. The molecule has 0 unspecified atom stereocenters. The number of hydrogen-bond acceptors (Lipinski definition) is 3. The van der Waals surface area contributed by atoms with E-state index in [1.54, 1.807) is 7.11 Å². The molecule has 0 saturated heterocycles. The summed E-state index contributed by atoms with van der Waals surface area (Å²) in [6.45, 7) is 4.02. The van der Waals surface area contributed by atoms with Crippen LogP contribution in [-0.4, -0.2) is 13.7 Å². The highest BCUT2D eigenvalue weighted by molar-refractivity contribution is 6.31. The third-order valence-corrected chi connectivity index (χ3v) is 5.23. The van der Waals surface area contributed by atoms with E-state index < -0.39 is 0 Å². The van der Waals surface area contributed by atoms with Crippen LogP contribution in [0.4, 0.5) is 0 Å². The maximum absolute atomic E-state index is 6.49. The number of hydrogen-bond donors (Lipinski definition) is 1. The molecule has 152 valence electrons.